The molecule has 0 aromatic carbocycles. The third-order valence-corrected chi connectivity index (χ3v) is 0.626. The molecule has 0 atom stereocenters. The lowest BCUT2D eigenvalue weighted by Gasteiger charge is -1.93. The first kappa shape index (κ1) is 6.47. The van der Waals surface area contributed by atoms with Gasteiger partial charge in [-0.1, -0.05) is 6.92 Å². The minimum Gasteiger partial charge on any atom is -0.352 e. The van der Waals surface area contributed by atoms with Crippen molar-refractivity contribution in [1.29, 1.82) is 0 Å². The van der Waals surface area contributed by atoms with Gasteiger partial charge in [0.15, 0.2) is 0 Å². The zero-order chi connectivity index (χ0) is 5.70. The first-order valence-corrected chi connectivity index (χ1v) is 2.38. The van der Waals surface area contributed by atoms with Crippen molar-refractivity contribution in [3.05, 3.63) is 6.54 Å². The third-order valence-electron chi connectivity index (χ3n) is 0.626. The molecule has 1 N–H and O–H groups in total. The van der Waals surface area contributed by atoms with Crippen molar-refractivity contribution in [2.75, 3.05) is 0 Å². The Labute approximate surface area is 43.9 Å². The average Bonchev–Trinajstić information content (AvgIpc) is 1.68. The van der Waals surface area contributed by atoms with Crippen molar-refractivity contribution in [3.8, 4) is 0 Å². The molecule has 0 saturated carbocycles. The van der Waals surface area contributed by atoms with Crippen molar-refractivity contribution in [2.45, 2.75) is 20.3 Å². The van der Waals surface area contributed by atoms with Gasteiger partial charge in [-0.25, -0.2) is 0 Å². The van der Waals surface area contributed by atoms with Crippen LogP contribution in [0.3, 0.4) is 0 Å². The highest BCUT2D eigenvalue weighted by Crippen LogP contribution is 1.73. The molecule has 0 spiro atoms. The van der Waals surface area contributed by atoms with E-state index in [-0.39, 0.29) is 5.91 Å². The molecule has 0 heterocycles. The number of nitrogens with one attached hydrogen (secondary N) is 1. The minimum atomic E-state index is 0.0718. The standard InChI is InChI=1S/C5H10NO/c1-3-5(7)6-4-2/h4H,3H2,1-2H3,(H,6,7). The van der Waals surface area contributed by atoms with Crippen molar-refractivity contribution in [1.82, 2.24) is 5.32 Å². The van der Waals surface area contributed by atoms with Crippen LogP contribution in [0.4, 0.5) is 0 Å². The molecule has 0 unspecified atom stereocenters. The molecule has 0 aliphatic rings. The lowest BCUT2D eigenvalue weighted by atomic mass is 10.4. The van der Waals surface area contributed by atoms with E-state index in [0.29, 0.717) is 6.42 Å². The molecule has 2 heteroatoms. The van der Waals surface area contributed by atoms with Gasteiger partial charge < -0.3 is 5.32 Å². The Morgan fingerprint density at radius 3 is 2.57 bits per heavy atom. The van der Waals surface area contributed by atoms with Crippen LogP contribution in [-0.2, 0) is 4.79 Å². The van der Waals surface area contributed by atoms with Crippen LogP contribution in [0.5, 0.6) is 0 Å². The van der Waals surface area contributed by atoms with Gasteiger partial charge in [-0.2, -0.15) is 0 Å². The third kappa shape index (κ3) is 3.30. The number of rotatable bonds is 2. The Kier molecular flexibility index (Phi) is 3.38. The highest BCUT2D eigenvalue weighted by molar-refractivity contribution is 5.75. The highest BCUT2D eigenvalue weighted by atomic mass is 16.1. The van der Waals surface area contributed by atoms with Crippen LogP contribution in [-0.4, -0.2) is 5.91 Å². The normalized spacial score (nSPS) is 8.29. The summed E-state index contributed by atoms with van der Waals surface area (Å²) in [5, 5.41) is 2.53. The van der Waals surface area contributed by atoms with E-state index in [1.54, 1.807) is 13.5 Å². The molecule has 0 aliphatic carbocycles. The van der Waals surface area contributed by atoms with E-state index in [1.165, 1.54) is 0 Å². The zero-order valence-electron chi connectivity index (χ0n) is 4.69. The quantitative estimate of drug-likeness (QED) is 0.543. The number of carbonyl (C=O) groups excluding carboxylic acids is 1. The molecular formula is C5H10NO. The molecule has 41 valence electrons. The van der Waals surface area contributed by atoms with Crippen molar-refractivity contribution < 1.29 is 4.79 Å². The molecule has 0 fully saturated rings. The molecule has 0 rings (SSSR count). The zero-order valence-corrected chi connectivity index (χ0v) is 4.69. The van der Waals surface area contributed by atoms with Crippen LogP contribution in [0.25, 0.3) is 0 Å². The fourth-order valence-corrected chi connectivity index (χ4v) is 0.263. The summed E-state index contributed by atoms with van der Waals surface area (Å²) in [7, 11) is 0. The second-order valence-corrected chi connectivity index (χ2v) is 1.21. The maximum Gasteiger partial charge on any atom is 0.219 e. The van der Waals surface area contributed by atoms with Gasteiger partial charge in [0.2, 0.25) is 5.91 Å². The molecular weight excluding hydrogens is 90.1 g/mol. The van der Waals surface area contributed by atoms with Gasteiger partial charge >= 0.3 is 0 Å². The summed E-state index contributed by atoms with van der Waals surface area (Å²) in [4.78, 5) is 10.3. The predicted octanol–water partition coefficient (Wildman–Crippen LogP) is 0.694. The molecule has 0 aromatic rings. The van der Waals surface area contributed by atoms with Gasteiger partial charge in [0.1, 0.15) is 0 Å². The molecule has 1 radical (unpaired) electrons. The van der Waals surface area contributed by atoms with Crippen LogP contribution in [0.2, 0.25) is 0 Å². The van der Waals surface area contributed by atoms with Crippen LogP contribution >= 0.6 is 0 Å². The summed E-state index contributed by atoms with van der Waals surface area (Å²) < 4.78 is 0. The summed E-state index contributed by atoms with van der Waals surface area (Å²) in [6.07, 6.45) is 0.560. The van der Waals surface area contributed by atoms with Crippen molar-refractivity contribution in [2.24, 2.45) is 0 Å². The maximum absolute atomic E-state index is 10.3. The van der Waals surface area contributed by atoms with E-state index >= 15 is 0 Å². The summed E-state index contributed by atoms with van der Waals surface area (Å²) in [5.74, 6) is 0.0718. The SMILES string of the molecule is C[CH]NC(=O)CC. The molecule has 0 bridgehead atoms. The first-order chi connectivity index (χ1) is 3.31. The summed E-state index contributed by atoms with van der Waals surface area (Å²) >= 11 is 0. The fourth-order valence-electron chi connectivity index (χ4n) is 0.263. The molecule has 0 saturated heterocycles. The van der Waals surface area contributed by atoms with Crippen LogP contribution in [0.1, 0.15) is 20.3 Å². The molecule has 2 nitrogen and oxygen atoms in total. The van der Waals surface area contributed by atoms with Crippen molar-refractivity contribution >= 4 is 5.91 Å². The largest absolute Gasteiger partial charge is 0.352 e. The first-order valence-electron chi connectivity index (χ1n) is 2.38. The second-order valence-electron chi connectivity index (χ2n) is 1.21. The smallest absolute Gasteiger partial charge is 0.219 e. The second kappa shape index (κ2) is 3.65. The van der Waals surface area contributed by atoms with E-state index in [9.17, 15) is 4.79 Å². The lowest BCUT2D eigenvalue weighted by molar-refractivity contribution is -0.120. The summed E-state index contributed by atoms with van der Waals surface area (Å²) in [5.41, 5.74) is 0. The van der Waals surface area contributed by atoms with Gasteiger partial charge in [-0.3, -0.25) is 4.79 Å². The van der Waals surface area contributed by atoms with E-state index in [2.05, 4.69) is 5.32 Å². The van der Waals surface area contributed by atoms with Gasteiger partial charge in [-0.05, 0) is 6.92 Å². The van der Waals surface area contributed by atoms with Crippen LogP contribution in [0.15, 0.2) is 0 Å². The van der Waals surface area contributed by atoms with Crippen molar-refractivity contribution in [3.63, 3.8) is 0 Å². The monoisotopic (exact) mass is 100 g/mol. The predicted molar refractivity (Wildman–Crippen MR) is 28.4 cm³/mol. The molecule has 1 amide bonds. The minimum absolute atomic E-state index is 0.0718. The number of hydrogen-bond acceptors (Lipinski definition) is 1. The topological polar surface area (TPSA) is 29.1 Å². The number of amides is 1. The van der Waals surface area contributed by atoms with Crippen LogP contribution in [0, 0.1) is 6.54 Å². The Hall–Kier alpha value is -0.530. The Balaban J connectivity index is 3.00. The summed E-state index contributed by atoms with van der Waals surface area (Å²) in [6, 6.07) is 0. The van der Waals surface area contributed by atoms with Gasteiger partial charge in [0, 0.05) is 13.0 Å². The van der Waals surface area contributed by atoms with E-state index in [0.717, 1.165) is 0 Å². The fraction of sp³-hybridized carbons (Fsp3) is 0.600. The van der Waals surface area contributed by atoms with Gasteiger partial charge in [0.05, 0.1) is 0 Å². The average molecular weight is 100 g/mol. The molecule has 7 heavy (non-hydrogen) atoms. The highest BCUT2D eigenvalue weighted by Gasteiger charge is 1.88. The van der Waals surface area contributed by atoms with Gasteiger partial charge in [-0.15, -0.1) is 0 Å². The maximum atomic E-state index is 10.3. The Bertz CT molecular complexity index is 61.1. The molecule has 0 aromatic heterocycles. The Morgan fingerprint density at radius 2 is 2.43 bits per heavy atom. The number of carbonyl (C=O) groups is 1. The Morgan fingerprint density at radius 1 is 1.86 bits per heavy atom. The lowest BCUT2D eigenvalue weighted by Crippen LogP contribution is -2.16. The summed E-state index contributed by atoms with van der Waals surface area (Å²) in [6.45, 7) is 5.23. The van der Waals surface area contributed by atoms with E-state index < -0.39 is 0 Å². The van der Waals surface area contributed by atoms with E-state index in [4.69, 9.17) is 0 Å². The van der Waals surface area contributed by atoms with E-state index in [1.807, 2.05) is 6.92 Å². The number of hydrogen-bond donors (Lipinski definition) is 1. The van der Waals surface area contributed by atoms with Crippen LogP contribution < -0.4 is 5.32 Å². The molecule has 0 aliphatic heterocycles. The van der Waals surface area contributed by atoms with Gasteiger partial charge in [0.25, 0.3) is 0 Å².